The standard InChI is InChI=1S/C4H3O2/c1-4(6)2-3-5/h1H3. The molecular formula is C4H3O2. The zero-order chi connectivity index (χ0) is 4.99. The highest BCUT2D eigenvalue weighted by atomic mass is 16.1. The maximum atomic E-state index is 9.67. The Morgan fingerprint density at radius 3 is 2.17 bits per heavy atom. The van der Waals surface area contributed by atoms with Crippen molar-refractivity contribution in [2.24, 2.45) is 0 Å². The number of hydrogen-bond acceptors (Lipinski definition) is 2. The molecule has 0 aromatic heterocycles. The molecule has 2 heteroatoms. The van der Waals surface area contributed by atoms with Gasteiger partial charge in [0.25, 0.3) is 0 Å². The van der Waals surface area contributed by atoms with Gasteiger partial charge in [-0.3, -0.25) is 4.79 Å². The second kappa shape index (κ2) is 2.36. The van der Waals surface area contributed by atoms with Crippen molar-refractivity contribution in [1.82, 2.24) is 0 Å². The molecule has 0 fully saturated rings. The van der Waals surface area contributed by atoms with Crippen LogP contribution in [0, 0.1) is 6.08 Å². The summed E-state index contributed by atoms with van der Waals surface area (Å²) in [4.78, 5) is 18.8. The van der Waals surface area contributed by atoms with E-state index in [-0.39, 0.29) is 5.78 Å². The Bertz CT molecular complexity index is 98.1. The van der Waals surface area contributed by atoms with Crippen molar-refractivity contribution >= 4 is 11.7 Å². The predicted octanol–water partition coefficient (Wildman–Crippen LogP) is -0.234. The Labute approximate surface area is 35.5 Å². The molecular weight excluding hydrogens is 80.0 g/mol. The monoisotopic (exact) mass is 83.0 g/mol. The van der Waals surface area contributed by atoms with Crippen LogP contribution in [0.1, 0.15) is 6.92 Å². The minimum atomic E-state index is -0.384. The van der Waals surface area contributed by atoms with Gasteiger partial charge in [-0.05, 0) is 6.92 Å². The lowest BCUT2D eigenvalue weighted by Crippen LogP contribution is -1.79. The summed E-state index contributed by atoms with van der Waals surface area (Å²) >= 11 is 0. The Hall–Kier alpha value is -0.880. The van der Waals surface area contributed by atoms with Crippen molar-refractivity contribution in [2.75, 3.05) is 0 Å². The fraction of sp³-hybridized carbons (Fsp3) is 0.250. The zero-order valence-electron chi connectivity index (χ0n) is 3.32. The summed E-state index contributed by atoms with van der Waals surface area (Å²) < 4.78 is 0. The second-order valence-corrected chi connectivity index (χ2v) is 0.783. The van der Waals surface area contributed by atoms with E-state index in [4.69, 9.17) is 4.79 Å². The number of carbonyl (C=O) groups is 1. The Kier molecular flexibility index (Phi) is 2.02. The van der Waals surface area contributed by atoms with Crippen LogP contribution in [0.15, 0.2) is 0 Å². The molecule has 0 bridgehead atoms. The van der Waals surface area contributed by atoms with Gasteiger partial charge in [0.2, 0.25) is 0 Å². The van der Waals surface area contributed by atoms with Crippen LogP contribution in [0.25, 0.3) is 0 Å². The molecule has 6 heavy (non-hydrogen) atoms. The van der Waals surface area contributed by atoms with Gasteiger partial charge in [0.05, 0.1) is 0 Å². The fourth-order valence-corrected chi connectivity index (χ4v) is 0.0719. The van der Waals surface area contributed by atoms with E-state index in [1.807, 2.05) is 0 Å². The first-order valence-corrected chi connectivity index (χ1v) is 1.41. The summed E-state index contributed by atoms with van der Waals surface area (Å²) in [5, 5.41) is 0. The summed E-state index contributed by atoms with van der Waals surface area (Å²) in [7, 11) is 0. The van der Waals surface area contributed by atoms with Crippen molar-refractivity contribution in [2.45, 2.75) is 6.92 Å². The van der Waals surface area contributed by atoms with Gasteiger partial charge in [-0.25, -0.2) is 4.79 Å². The molecule has 0 heterocycles. The molecule has 0 saturated heterocycles. The van der Waals surface area contributed by atoms with E-state index in [2.05, 4.69) is 0 Å². The minimum Gasteiger partial charge on any atom is -0.294 e. The maximum absolute atomic E-state index is 9.67. The molecule has 0 aliphatic carbocycles. The topological polar surface area (TPSA) is 34.1 Å². The summed E-state index contributed by atoms with van der Waals surface area (Å²) in [5.74, 6) is 0.833. The van der Waals surface area contributed by atoms with E-state index in [0.29, 0.717) is 0 Å². The SMILES string of the molecule is CC(=O)[C]=C=O. The summed E-state index contributed by atoms with van der Waals surface area (Å²) in [5.41, 5.74) is 0. The zero-order valence-corrected chi connectivity index (χ0v) is 3.32. The molecule has 31 valence electrons. The van der Waals surface area contributed by atoms with Crippen LogP contribution < -0.4 is 0 Å². The van der Waals surface area contributed by atoms with Gasteiger partial charge in [0.15, 0.2) is 5.78 Å². The third kappa shape index (κ3) is 3.12. The average molecular weight is 83.1 g/mol. The number of rotatable bonds is 1. The van der Waals surface area contributed by atoms with Gasteiger partial charge >= 0.3 is 0 Å². The molecule has 0 aliphatic rings. The van der Waals surface area contributed by atoms with Gasteiger partial charge in [-0.2, -0.15) is 0 Å². The van der Waals surface area contributed by atoms with E-state index in [1.165, 1.54) is 12.9 Å². The van der Waals surface area contributed by atoms with Crippen LogP contribution in [-0.4, -0.2) is 11.7 Å². The lowest BCUT2D eigenvalue weighted by Gasteiger charge is -1.59. The third-order valence-electron chi connectivity index (χ3n) is 0.227. The molecule has 0 aromatic rings. The smallest absolute Gasteiger partial charge is 0.172 e. The maximum Gasteiger partial charge on any atom is 0.172 e. The van der Waals surface area contributed by atoms with Crippen LogP contribution in [0.5, 0.6) is 0 Å². The molecule has 0 spiro atoms. The van der Waals surface area contributed by atoms with E-state index in [1.54, 1.807) is 6.08 Å². The van der Waals surface area contributed by atoms with Crippen LogP contribution in [-0.2, 0) is 9.59 Å². The molecule has 0 atom stereocenters. The number of allylic oxidation sites excluding steroid dienone is 1. The highest BCUT2D eigenvalue weighted by Gasteiger charge is 1.77. The number of ketones is 1. The normalized spacial score (nSPS) is 6.17. The molecule has 0 amide bonds. The molecule has 1 radical (unpaired) electrons. The highest BCUT2D eigenvalue weighted by Crippen LogP contribution is 1.57. The van der Waals surface area contributed by atoms with Gasteiger partial charge in [-0.1, -0.05) is 0 Å². The molecule has 0 aliphatic heterocycles. The summed E-state index contributed by atoms with van der Waals surface area (Å²) in [6.07, 6.45) is 1.76. The molecule has 2 nitrogen and oxygen atoms in total. The Balaban J connectivity index is 3.60. The summed E-state index contributed by atoms with van der Waals surface area (Å²) in [6, 6.07) is 0. The molecule has 0 N–H and O–H groups in total. The number of carbonyl (C=O) groups excluding carboxylic acids is 2. The molecule has 0 rings (SSSR count). The summed E-state index contributed by atoms with van der Waals surface area (Å²) in [6.45, 7) is 1.24. The minimum absolute atomic E-state index is 0.384. The first kappa shape index (κ1) is 5.12. The van der Waals surface area contributed by atoms with Crippen molar-refractivity contribution in [3.05, 3.63) is 6.08 Å². The van der Waals surface area contributed by atoms with Crippen molar-refractivity contribution in [3.8, 4) is 0 Å². The van der Waals surface area contributed by atoms with Gasteiger partial charge in [0.1, 0.15) is 12.0 Å². The second-order valence-electron chi connectivity index (χ2n) is 0.783. The van der Waals surface area contributed by atoms with Crippen molar-refractivity contribution in [3.63, 3.8) is 0 Å². The van der Waals surface area contributed by atoms with E-state index in [9.17, 15) is 4.79 Å². The molecule has 0 saturated carbocycles. The molecule has 0 aromatic carbocycles. The van der Waals surface area contributed by atoms with Crippen LogP contribution in [0.3, 0.4) is 0 Å². The van der Waals surface area contributed by atoms with Crippen LogP contribution >= 0.6 is 0 Å². The lowest BCUT2D eigenvalue weighted by atomic mass is 10.5. The number of Topliss-reactive ketones (excluding diaryl/α,β-unsaturated/α-hetero) is 1. The van der Waals surface area contributed by atoms with Crippen LogP contribution in [0.4, 0.5) is 0 Å². The largest absolute Gasteiger partial charge is 0.294 e. The van der Waals surface area contributed by atoms with E-state index in [0.717, 1.165) is 0 Å². The van der Waals surface area contributed by atoms with E-state index < -0.39 is 0 Å². The van der Waals surface area contributed by atoms with Crippen LogP contribution in [0.2, 0.25) is 0 Å². The Morgan fingerprint density at radius 2 is 2.17 bits per heavy atom. The number of hydrogen-bond donors (Lipinski definition) is 0. The fourth-order valence-electron chi connectivity index (χ4n) is 0.0719. The van der Waals surface area contributed by atoms with Gasteiger partial charge in [-0.15, -0.1) is 0 Å². The lowest BCUT2D eigenvalue weighted by molar-refractivity contribution is -0.113. The Morgan fingerprint density at radius 1 is 1.67 bits per heavy atom. The van der Waals surface area contributed by atoms with Crippen molar-refractivity contribution < 1.29 is 9.59 Å². The first-order valence-electron chi connectivity index (χ1n) is 1.41. The average Bonchev–Trinajstić information content (AvgIpc) is 1.35. The predicted molar refractivity (Wildman–Crippen MR) is 19.6 cm³/mol. The third-order valence-corrected chi connectivity index (χ3v) is 0.227. The molecule has 0 unspecified atom stereocenters. The van der Waals surface area contributed by atoms with Gasteiger partial charge in [0, 0.05) is 0 Å². The quantitative estimate of drug-likeness (QED) is 0.324. The van der Waals surface area contributed by atoms with E-state index >= 15 is 0 Å². The van der Waals surface area contributed by atoms with Gasteiger partial charge < -0.3 is 0 Å². The highest BCUT2D eigenvalue weighted by molar-refractivity contribution is 5.89. The first-order chi connectivity index (χ1) is 2.77. The van der Waals surface area contributed by atoms with Crippen molar-refractivity contribution in [1.29, 1.82) is 0 Å².